The smallest absolute Gasteiger partial charge is 0.253 e. The average Bonchev–Trinajstić information content (AvgIpc) is 2.70. The molecule has 0 N–H and O–H groups in total. The van der Waals surface area contributed by atoms with Crippen LogP contribution in [0.1, 0.15) is 13.8 Å². The lowest BCUT2D eigenvalue weighted by Gasteiger charge is -2.01. The molecule has 0 aliphatic rings. The summed E-state index contributed by atoms with van der Waals surface area (Å²) in [6.07, 6.45) is 0. The highest BCUT2D eigenvalue weighted by Crippen LogP contribution is 2.11. The maximum atomic E-state index is 11.4. The molecule has 0 unspecified atom stereocenters. The van der Waals surface area contributed by atoms with E-state index in [1.807, 2.05) is 0 Å². The minimum atomic E-state index is -3.64. The lowest BCUT2D eigenvalue weighted by atomic mass is 10.4. The van der Waals surface area contributed by atoms with Crippen molar-refractivity contribution in [3.63, 3.8) is 0 Å². The SMILES string of the molecule is CC#CCOS(=O)(=O)c1ccccc1.CC#CCOS(=O)(=O)c1ccccc1. The van der Waals surface area contributed by atoms with Crippen molar-refractivity contribution in [2.24, 2.45) is 0 Å². The van der Waals surface area contributed by atoms with Crippen molar-refractivity contribution < 1.29 is 25.2 Å². The second-order valence-electron chi connectivity index (χ2n) is 4.91. The predicted octanol–water partition coefficient (Wildman–Crippen LogP) is 2.83. The van der Waals surface area contributed by atoms with Crippen molar-refractivity contribution in [3.05, 3.63) is 60.7 Å². The van der Waals surface area contributed by atoms with Gasteiger partial charge in [-0.05, 0) is 38.1 Å². The van der Waals surface area contributed by atoms with E-state index in [1.54, 1.807) is 50.2 Å². The summed E-state index contributed by atoms with van der Waals surface area (Å²) in [5.41, 5.74) is 0. The highest BCUT2D eigenvalue weighted by molar-refractivity contribution is 7.87. The Morgan fingerprint density at radius 1 is 0.643 bits per heavy atom. The van der Waals surface area contributed by atoms with E-state index in [0.29, 0.717) is 0 Å². The van der Waals surface area contributed by atoms with Gasteiger partial charge in [0.15, 0.2) is 0 Å². The normalized spacial score (nSPS) is 10.4. The maximum absolute atomic E-state index is 11.4. The van der Waals surface area contributed by atoms with Crippen LogP contribution in [-0.2, 0) is 28.6 Å². The van der Waals surface area contributed by atoms with E-state index in [0.717, 1.165) is 0 Å². The quantitative estimate of drug-likeness (QED) is 0.528. The van der Waals surface area contributed by atoms with Crippen molar-refractivity contribution in [2.45, 2.75) is 23.6 Å². The van der Waals surface area contributed by atoms with E-state index in [4.69, 9.17) is 0 Å². The minimum absolute atomic E-state index is 0.103. The molecule has 0 atom stereocenters. The Labute approximate surface area is 166 Å². The van der Waals surface area contributed by atoms with Gasteiger partial charge in [-0.2, -0.15) is 16.8 Å². The fourth-order valence-electron chi connectivity index (χ4n) is 1.67. The molecule has 2 aromatic carbocycles. The Kier molecular flexibility index (Phi) is 10.0. The summed E-state index contributed by atoms with van der Waals surface area (Å²) in [7, 11) is -7.27. The highest BCUT2D eigenvalue weighted by atomic mass is 32.2. The molecule has 8 heteroatoms. The molecule has 0 saturated carbocycles. The zero-order valence-electron chi connectivity index (χ0n) is 15.5. The lowest BCUT2D eigenvalue weighted by molar-refractivity contribution is 0.362. The third kappa shape index (κ3) is 8.38. The topological polar surface area (TPSA) is 86.7 Å². The zero-order valence-corrected chi connectivity index (χ0v) is 17.1. The molecule has 28 heavy (non-hydrogen) atoms. The van der Waals surface area contributed by atoms with Crippen molar-refractivity contribution in [2.75, 3.05) is 13.2 Å². The van der Waals surface area contributed by atoms with Crippen molar-refractivity contribution in [1.82, 2.24) is 0 Å². The molecule has 0 aliphatic heterocycles. The third-order valence-electron chi connectivity index (χ3n) is 2.99. The second-order valence-corrected chi connectivity index (χ2v) is 8.14. The fraction of sp³-hybridized carbons (Fsp3) is 0.200. The van der Waals surface area contributed by atoms with Crippen LogP contribution in [0.25, 0.3) is 0 Å². The Morgan fingerprint density at radius 3 is 1.25 bits per heavy atom. The molecule has 0 fully saturated rings. The molecule has 148 valence electrons. The first kappa shape index (κ1) is 23.4. The molecule has 0 saturated heterocycles. The van der Waals surface area contributed by atoms with Gasteiger partial charge in [-0.1, -0.05) is 48.2 Å². The summed E-state index contributed by atoms with van der Waals surface area (Å²) in [6, 6.07) is 16.0. The molecule has 0 heterocycles. The van der Waals surface area contributed by atoms with Crippen LogP contribution in [-0.4, -0.2) is 30.0 Å². The summed E-state index contributed by atoms with van der Waals surface area (Å²) in [5.74, 6) is 10.2. The molecule has 2 aromatic rings. The molecule has 2 rings (SSSR count). The lowest BCUT2D eigenvalue weighted by Crippen LogP contribution is -2.06. The Bertz CT molecular complexity index is 964. The van der Waals surface area contributed by atoms with Crippen molar-refractivity contribution in [1.29, 1.82) is 0 Å². The Morgan fingerprint density at radius 2 is 0.964 bits per heavy atom. The van der Waals surface area contributed by atoms with Gasteiger partial charge in [0, 0.05) is 0 Å². The number of hydrogen-bond acceptors (Lipinski definition) is 6. The molecule has 0 bridgehead atoms. The first-order valence-corrected chi connectivity index (χ1v) is 10.8. The van der Waals surface area contributed by atoms with Gasteiger partial charge in [-0.15, -0.1) is 11.8 Å². The maximum Gasteiger partial charge on any atom is 0.297 e. The van der Waals surface area contributed by atoms with Crippen molar-refractivity contribution in [3.8, 4) is 23.7 Å². The van der Waals surface area contributed by atoms with Crippen LogP contribution in [0.2, 0.25) is 0 Å². The van der Waals surface area contributed by atoms with Gasteiger partial charge in [0.2, 0.25) is 0 Å². The Hall–Kier alpha value is -2.62. The van der Waals surface area contributed by atoms with Crippen LogP contribution < -0.4 is 0 Å². The average molecular weight is 421 g/mol. The number of hydrogen-bond donors (Lipinski definition) is 0. The van der Waals surface area contributed by atoms with Gasteiger partial charge >= 0.3 is 0 Å². The first-order valence-electron chi connectivity index (χ1n) is 8.01. The van der Waals surface area contributed by atoms with Gasteiger partial charge in [-0.3, -0.25) is 8.37 Å². The van der Waals surface area contributed by atoms with Gasteiger partial charge in [0.05, 0.1) is 9.79 Å². The number of rotatable bonds is 6. The predicted molar refractivity (Wildman–Crippen MR) is 106 cm³/mol. The second kappa shape index (κ2) is 12.0. The molecular weight excluding hydrogens is 400 g/mol. The molecule has 0 aliphatic carbocycles. The summed E-state index contributed by atoms with van der Waals surface area (Å²) < 4.78 is 55.0. The van der Waals surface area contributed by atoms with Crippen LogP contribution in [0.5, 0.6) is 0 Å². The molecule has 0 spiro atoms. The number of benzene rings is 2. The van der Waals surface area contributed by atoms with Crippen LogP contribution in [0, 0.1) is 23.7 Å². The van der Waals surface area contributed by atoms with Gasteiger partial charge < -0.3 is 0 Å². The largest absolute Gasteiger partial charge is 0.297 e. The van der Waals surface area contributed by atoms with Crippen LogP contribution in [0.15, 0.2) is 70.5 Å². The van der Waals surface area contributed by atoms with E-state index >= 15 is 0 Å². The van der Waals surface area contributed by atoms with Gasteiger partial charge in [0.25, 0.3) is 20.2 Å². The third-order valence-corrected chi connectivity index (χ3v) is 5.55. The van der Waals surface area contributed by atoms with E-state index in [9.17, 15) is 16.8 Å². The van der Waals surface area contributed by atoms with Gasteiger partial charge in [-0.25, -0.2) is 0 Å². The fourth-order valence-corrected chi connectivity index (χ4v) is 3.35. The molecule has 0 amide bonds. The van der Waals surface area contributed by atoms with Crippen LogP contribution in [0.4, 0.5) is 0 Å². The highest BCUT2D eigenvalue weighted by Gasteiger charge is 2.13. The van der Waals surface area contributed by atoms with Crippen LogP contribution >= 0.6 is 0 Å². The van der Waals surface area contributed by atoms with E-state index in [2.05, 4.69) is 32.0 Å². The first-order chi connectivity index (χ1) is 13.3. The van der Waals surface area contributed by atoms with E-state index in [1.165, 1.54) is 24.3 Å². The summed E-state index contributed by atoms with van der Waals surface area (Å²) >= 11 is 0. The monoisotopic (exact) mass is 420 g/mol. The van der Waals surface area contributed by atoms with Crippen molar-refractivity contribution >= 4 is 20.2 Å². The molecular formula is C20H20O6S2. The van der Waals surface area contributed by atoms with Gasteiger partial charge in [0.1, 0.15) is 13.2 Å². The summed E-state index contributed by atoms with van der Waals surface area (Å²) in [6.45, 7) is 3.04. The van der Waals surface area contributed by atoms with Crippen LogP contribution in [0.3, 0.4) is 0 Å². The standard InChI is InChI=1S/2C10H10O3S/c2*1-2-3-9-13-14(11,12)10-7-5-4-6-8-10/h2*4-8H,9H2,1H3. The molecule has 0 aromatic heterocycles. The zero-order chi connectivity index (χ0) is 20.9. The summed E-state index contributed by atoms with van der Waals surface area (Å²) in [4.78, 5) is 0.302. The molecule has 6 nitrogen and oxygen atoms in total. The summed E-state index contributed by atoms with van der Waals surface area (Å²) in [5, 5.41) is 0. The van der Waals surface area contributed by atoms with E-state index in [-0.39, 0.29) is 23.0 Å². The van der Waals surface area contributed by atoms with E-state index < -0.39 is 20.2 Å². The molecule has 0 radical (unpaired) electrons. The Balaban J connectivity index is 0.000000280. The minimum Gasteiger partial charge on any atom is -0.253 e.